The van der Waals surface area contributed by atoms with Gasteiger partial charge in [0.25, 0.3) is 0 Å². The summed E-state index contributed by atoms with van der Waals surface area (Å²) in [5.74, 6) is -0.208. The molecule has 1 saturated heterocycles. The fraction of sp³-hybridized carbons (Fsp3) is 0.292. The summed E-state index contributed by atoms with van der Waals surface area (Å²) in [5.41, 5.74) is 3.34. The highest BCUT2D eigenvalue weighted by molar-refractivity contribution is 6.31. The molecule has 10 heteroatoms. The SMILES string of the molecule is CC(=O)CN/C=C(\C=N)NC(=N)/N=c1\[nH]cccc1N1CC(CC#N)(c2ccc(Cl)c(C)c2)C1. The van der Waals surface area contributed by atoms with Crippen molar-refractivity contribution in [3.05, 3.63) is 70.1 Å². The van der Waals surface area contributed by atoms with E-state index >= 15 is 0 Å². The van der Waals surface area contributed by atoms with Crippen LogP contribution in [0, 0.1) is 29.1 Å². The Bertz CT molecular complexity index is 1230. The third kappa shape index (κ3) is 5.71. The summed E-state index contributed by atoms with van der Waals surface area (Å²) in [7, 11) is 0. The number of nitrogens with zero attached hydrogens (tertiary/aromatic N) is 3. The minimum absolute atomic E-state index is 0.0420. The third-order valence-corrected chi connectivity index (χ3v) is 6.00. The summed E-state index contributed by atoms with van der Waals surface area (Å²) in [6, 6.07) is 12.0. The second kappa shape index (κ2) is 10.8. The highest BCUT2D eigenvalue weighted by Gasteiger charge is 2.45. The summed E-state index contributed by atoms with van der Waals surface area (Å²) in [6.45, 7) is 4.80. The van der Waals surface area contributed by atoms with Crippen molar-refractivity contribution in [2.45, 2.75) is 25.7 Å². The number of ketones is 1. The Morgan fingerprint density at radius 1 is 1.41 bits per heavy atom. The Morgan fingerprint density at radius 3 is 2.82 bits per heavy atom. The minimum atomic E-state index is -0.304. The van der Waals surface area contributed by atoms with Gasteiger partial charge >= 0.3 is 0 Å². The smallest absolute Gasteiger partial charge is 0.221 e. The monoisotopic (exact) mass is 478 g/mol. The quantitative estimate of drug-likeness (QED) is 0.292. The number of Topliss-reactive ketones (excluding diaryl/α,β-unsaturated/α-hetero) is 1. The van der Waals surface area contributed by atoms with Crippen LogP contribution in [0.15, 0.2) is 53.4 Å². The van der Waals surface area contributed by atoms with Crippen LogP contribution in [0.1, 0.15) is 24.5 Å². The second-order valence-corrected chi connectivity index (χ2v) is 8.66. The largest absolute Gasteiger partial charge is 0.382 e. The number of aromatic amines is 1. The number of rotatable bonds is 8. The third-order valence-electron chi connectivity index (χ3n) is 5.58. The van der Waals surface area contributed by atoms with Gasteiger partial charge in [-0.1, -0.05) is 23.7 Å². The molecule has 0 saturated carbocycles. The first-order valence-corrected chi connectivity index (χ1v) is 11.1. The first kappa shape index (κ1) is 24.7. The highest BCUT2D eigenvalue weighted by Crippen LogP contribution is 2.40. The van der Waals surface area contributed by atoms with E-state index in [0.717, 1.165) is 23.0 Å². The Labute approximate surface area is 203 Å². The van der Waals surface area contributed by atoms with E-state index in [4.69, 9.17) is 22.4 Å². The molecule has 1 fully saturated rings. The number of hydrogen-bond donors (Lipinski definition) is 5. The van der Waals surface area contributed by atoms with Gasteiger partial charge in [-0.15, -0.1) is 0 Å². The van der Waals surface area contributed by atoms with E-state index in [0.29, 0.717) is 35.7 Å². The van der Waals surface area contributed by atoms with Crippen molar-refractivity contribution >= 4 is 35.2 Å². The van der Waals surface area contributed by atoms with Crippen LogP contribution < -0.4 is 21.0 Å². The number of nitrogens with one attached hydrogen (secondary N) is 5. The molecule has 0 bridgehead atoms. The van der Waals surface area contributed by atoms with Crippen LogP contribution in [-0.2, 0) is 10.2 Å². The Morgan fingerprint density at radius 2 is 2.18 bits per heavy atom. The van der Waals surface area contributed by atoms with Crippen LogP contribution in [0.25, 0.3) is 0 Å². The number of aryl methyl sites for hydroxylation is 1. The first-order valence-electron chi connectivity index (χ1n) is 10.7. The standard InChI is InChI=1S/C24H27ClN8O/c1-16-10-18(5-6-20(16)25)24(7-8-26)14-33(15-24)21-4-3-9-30-22(21)32-23(28)31-19(11-27)13-29-12-17(2)34/h3-6,9-11,13,27,29H,7,12,14-15H2,1-2H3,(H3,28,30,31,32)/b19-13+,27-11?. The van der Waals surface area contributed by atoms with E-state index in [2.05, 4.69) is 31.6 Å². The summed E-state index contributed by atoms with van der Waals surface area (Å²) in [4.78, 5) is 20.6. The van der Waals surface area contributed by atoms with Gasteiger partial charge in [0, 0.05) is 48.6 Å². The molecule has 0 radical (unpaired) electrons. The molecule has 1 aliphatic heterocycles. The number of hydrogen-bond acceptors (Lipinski definition) is 6. The van der Waals surface area contributed by atoms with Crippen LogP contribution in [0.3, 0.4) is 0 Å². The number of anilines is 1. The maximum absolute atomic E-state index is 11.1. The van der Waals surface area contributed by atoms with Crippen molar-refractivity contribution in [2.24, 2.45) is 4.99 Å². The van der Waals surface area contributed by atoms with E-state index in [1.54, 1.807) is 6.20 Å². The fourth-order valence-electron chi connectivity index (χ4n) is 3.84. The lowest BCUT2D eigenvalue weighted by Crippen LogP contribution is -2.60. The zero-order valence-electron chi connectivity index (χ0n) is 19.1. The molecule has 0 aliphatic carbocycles. The molecule has 0 unspecified atom stereocenters. The number of nitriles is 1. The van der Waals surface area contributed by atoms with Crippen LogP contribution >= 0.6 is 11.6 Å². The first-order chi connectivity index (χ1) is 16.3. The summed E-state index contributed by atoms with van der Waals surface area (Å²) in [6.07, 6.45) is 4.59. The zero-order chi connectivity index (χ0) is 24.7. The zero-order valence-corrected chi connectivity index (χ0v) is 19.8. The second-order valence-electron chi connectivity index (χ2n) is 8.25. The molecule has 9 nitrogen and oxygen atoms in total. The van der Waals surface area contributed by atoms with Crippen molar-refractivity contribution in [1.82, 2.24) is 15.6 Å². The Balaban J connectivity index is 1.80. The molecule has 5 N–H and O–H groups in total. The highest BCUT2D eigenvalue weighted by atomic mass is 35.5. The molecule has 2 aromatic rings. The number of aromatic nitrogens is 1. The molecule has 2 heterocycles. The number of allylic oxidation sites excluding steroid dienone is 1. The lowest BCUT2D eigenvalue weighted by Gasteiger charge is -2.51. The van der Waals surface area contributed by atoms with Crippen LogP contribution in [0.5, 0.6) is 0 Å². The number of guanidine groups is 1. The van der Waals surface area contributed by atoms with Crippen molar-refractivity contribution in [3.8, 4) is 6.07 Å². The van der Waals surface area contributed by atoms with Gasteiger partial charge in [0.15, 0.2) is 5.49 Å². The van der Waals surface area contributed by atoms with Gasteiger partial charge in [-0.3, -0.25) is 10.2 Å². The van der Waals surface area contributed by atoms with Gasteiger partial charge < -0.3 is 25.9 Å². The maximum Gasteiger partial charge on any atom is 0.221 e. The van der Waals surface area contributed by atoms with E-state index in [9.17, 15) is 10.1 Å². The average Bonchev–Trinajstić information content (AvgIpc) is 2.77. The molecule has 34 heavy (non-hydrogen) atoms. The number of halogens is 1. The van der Waals surface area contributed by atoms with E-state index in [-0.39, 0.29) is 23.7 Å². The predicted octanol–water partition coefficient (Wildman–Crippen LogP) is 2.74. The predicted molar refractivity (Wildman–Crippen MR) is 133 cm³/mol. The maximum atomic E-state index is 11.1. The van der Waals surface area contributed by atoms with Gasteiger partial charge in [0.1, 0.15) is 5.78 Å². The summed E-state index contributed by atoms with van der Waals surface area (Å²) in [5, 5.41) is 31.4. The van der Waals surface area contributed by atoms with Crippen molar-refractivity contribution in [2.75, 3.05) is 24.5 Å². The van der Waals surface area contributed by atoms with Gasteiger partial charge in [0.05, 0.1) is 24.0 Å². The molecule has 0 spiro atoms. The topological polar surface area (TPSA) is 144 Å². The molecule has 176 valence electrons. The van der Waals surface area contributed by atoms with Crippen molar-refractivity contribution in [1.29, 1.82) is 16.1 Å². The number of carbonyl (C=O) groups excluding carboxylic acids is 1. The molecule has 1 aromatic carbocycles. The minimum Gasteiger partial charge on any atom is -0.382 e. The fourth-order valence-corrected chi connectivity index (χ4v) is 3.95. The van der Waals surface area contributed by atoms with Gasteiger partial charge in [-0.05, 0) is 43.2 Å². The van der Waals surface area contributed by atoms with E-state index < -0.39 is 0 Å². The molecule has 1 aromatic heterocycles. The summed E-state index contributed by atoms with van der Waals surface area (Å²) < 4.78 is 0. The van der Waals surface area contributed by atoms with Crippen molar-refractivity contribution < 1.29 is 4.79 Å². The summed E-state index contributed by atoms with van der Waals surface area (Å²) >= 11 is 6.20. The van der Waals surface area contributed by atoms with Crippen LogP contribution in [-0.4, -0.2) is 42.6 Å². The number of carbonyl (C=O) groups is 1. The molecular formula is C24H27ClN8O. The molecule has 0 atom stereocenters. The number of pyridine rings is 1. The van der Waals surface area contributed by atoms with Gasteiger partial charge in [-0.25, -0.2) is 0 Å². The average molecular weight is 479 g/mol. The van der Waals surface area contributed by atoms with E-state index in [1.165, 1.54) is 13.1 Å². The van der Waals surface area contributed by atoms with Gasteiger partial charge in [0.2, 0.25) is 5.96 Å². The lowest BCUT2D eigenvalue weighted by molar-refractivity contribution is -0.116. The molecule has 1 aliphatic rings. The van der Waals surface area contributed by atoms with Crippen molar-refractivity contribution in [3.63, 3.8) is 0 Å². The van der Waals surface area contributed by atoms with Crippen LogP contribution in [0.2, 0.25) is 5.02 Å². The van der Waals surface area contributed by atoms with Crippen LogP contribution in [0.4, 0.5) is 5.69 Å². The lowest BCUT2D eigenvalue weighted by atomic mass is 9.71. The normalized spacial score (nSPS) is 15.2. The van der Waals surface area contributed by atoms with E-state index in [1.807, 2.05) is 37.3 Å². The Kier molecular flexibility index (Phi) is 7.87. The number of H-pyrrole nitrogens is 1. The molecular weight excluding hydrogens is 452 g/mol. The number of benzene rings is 1. The molecule has 3 rings (SSSR count). The molecule has 0 amide bonds. The Hall–Kier alpha value is -3.90. The van der Waals surface area contributed by atoms with Gasteiger partial charge in [-0.2, -0.15) is 10.3 Å².